The summed E-state index contributed by atoms with van der Waals surface area (Å²) in [6.07, 6.45) is 0. The van der Waals surface area contributed by atoms with E-state index in [-0.39, 0.29) is 29.6 Å². The van der Waals surface area contributed by atoms with E-state index in [9.17, 15) is 0 Å². The molecule has 1 aromatic rings. The van der Waals surface area contributed by atoms with Crippen molar-refractivity contribution >= 4 is 29.9 Å². The molecule has 0 aliphatic heterocycles. The van der Waals surface area contributed by atoms with Crippen molar-refractivity contribution in [2.24, 2.45) is 4.99 Å². The zero-order valence-corrected chi connectivity index (χ0v) is 16.4. The second-order valence-corrected chi connectivity index (χ2v) is 5.49. The number of hydrogen-bond acceptors (Lipinski definition) is 3. The maximum atomic E-state index is 5.37. The van der Waals surface area contributed by atoms with Crippen LogP contribution in [0.4, 0.5) is 0 Å². The van der Waals surface area contributed by atoms with Gasteiger partial charge in [-0.15, -0.1) is 24.0 Å². The van der Waals surface area contributed by atoms with Gasteiger partial charge < -0.3 is 20.1 Å². The topological polar surface area (TPSA) is 54.9 Å². The molecule has 0 saturated heterocycles. The van der Waals surface area contributed by atoms with Gasteiger partial charge in [-0.2, -0.15) is 0 Å². The predicted octanol–water partition coefficient (Wildman–Crippen LogP) is 2.54. The summed E-state index contributed by atoms with van der Waals surface area (Å²) in [6, 6.07) is 8.33. The number of hydrogen-bond donors (Lipinski definition) is 2. The average Bonchev–Trinajstić information content (AvgIpc) is 2.49. The van der Waals surface area contributed by atoms with E-state index in [1.54, 1.807) is 21.3 Å². The molecule has 0 unspecified atom stereocenters. The van der Waals surface area contributed by atoms with Crippen LogP contribution in [0.5, 0.6) is 0 Å². The van der Waals surface area contributed by atoms with Gasteiger partial charge in [0.05, 0.1) is 12.2 Å². The van der Waals surface area contributed by atoms with Crippen molar-refractivity contribution in [3.05, 3.63) is 35.4 Å². The van der Waals surface area contributed by atoms with Crippen molar-refractivity contribution in [1.82, 2.24) is 10.6 Å². The molecule has 0 aliphatic carbocycles. The lowest BCUT2D eigenvalue weighted by Gasteiger charge is -2.24. The highest BCUT2D eigenvalue weighted by atomic mass is 127. The molecule has 0 spiro atoms. The first kappa shape index (κ1) is 21.1. The lowest BCUT2D eigenvalue weighted by Crippen LogP contribution is -2.45. The fourth-order valence-corrected chi connectivity index (χ4v) is 1.70. The molecule has 6 heteroatoms. The van der Waals surface area contributed by atoms with E-state index in [0.717, 1.165) is 12.5 Å². The van der Waals surface area contributed by atoms with E-state index >= 15 is 0 Å². The van der Waals surface area contributed by atoms with Crippen molar-refractivity contribution in [2.45, 2.75) is 32.6 Å². The average molecular weight is 421 g/mol. The van der Waals surface area contributed by atoms with Gasteiger partial charge in [-0.3, -0.25) is 4.99 Å². The Bertz CT molecular complexity index is 447. The highest BCUT2D eigenvalue weighted by molar-refractivity contribution is 14.0. The summed E-state index contributed by atoms with van der Waals surface area (Å²) >= 11 is 0. The van der Waals surface area contributed by atoms with Crippen LogP contribution in [0, 0.1) is 0 Å². The van der Waals surface area contributed by atoms with Gasteiger partial charge >= 0.3 is 0 Å². The van der Waals surface area contributed by atoms with Crippen LogP contribution in [0.25, 0.3) is 0 Å². The van der Waals surface area contributed by atoms with Gasteiger partial charge in [-0.1, -0.05) is 24.3 Å². The Labute approximate surface area is 150 Å². The lowest BCUT2D eigenvalue weighted by molar-refractivity contribution is 0.0268. The Hall–Kier alpha value is -0.860. The number of halogens is 1. The second kappa shape index (κ2) is 10.8. The van der Waals surface area contributed by atoms with Gasteiger partial charge in [0.2, 0.25) is 0 Å². The van der Waals surface area contributed by atoms with Crippen molar-refractivity contribution in [1.29, 1.82) is 0 Å². The van der Waals surface area contributed by atoms with Crippen LogP contribution in [-0.4, -0.2) is 39.4 Å². The van der Waals surface area contributed by atoms with Crippen LogP contribution in [0.2, 0.25) is 0 Å². The first-order chi connectivity index (χ1) is 10.0. The molecule has 0 amide bonds. The number of nitrogens with one attached hydrogen (secondary N) is 2. The molecule has 0 fully saturated rings. The van der Waals surface area contributed by atoms with E-state index in [1.165, 1.54) is 11.1 Å². The minimum absolute atomic E-state index is 0. The third-order valence-corrected chi connectivity index (χ3v) is 3.25. The van der Waals surface area contributed by atoms with Crippen LogP contribution in [0.3, 0.4) is 0 Å². The Kier molecular flexibility index (Phi) is 10.4. The summed E-state index contributed by atoms with van der Waals surface area (Å²) in [6.45, 7) is 6.11. The van der Waals surface area contributed by atoms with Crippen molar-refractivity contribution in [3.8, 4) is 0 Å². The third kappa shape index (κ3) is 7.95. The molecule has 0 aromatic heterocycles. The standard InChI is InChI=1S/C16H27N3O2.HI/c1-16(2,21-5)12-19-15(17-3)18-10-13-6-8-14(9-7-13)11-20-4;/h6-9H,10-12H2,1-5H3,(H2,17,18,19);1H. The number of benzene rings is 1. The highest BCUT2D eigenvalue weighted by Crippen LogP contribution is 2.06. The van der Waals surface area contributed by atoms with E-state index in [4.69, 9.17) is 9.47 Å². The molecule has 0 aliphatic rings. The molecule has 0 saturated carbocycles. The fourth-order valence-electron chi connectivity index (χ4n) is 1.70. The summed E-state index contributed by atoms with van der Waals surface area (Å²) < 4.78 is 10.5. The van der Waals surface area contributed by atoms with Gasteiger partial charge in [-0.05, 0) is 25.0 Å². The monoisotopic (exact) mass is 421 g/mol. The van der Waals surface area contributed by atoms with Crippen molar-refractivity contribution in [2.75, 3.05) is 27.8 Å². The zero-order valence-electron chi connectivity index (χ0n) is 14.1. The van der Waals surface area contributed by atoms with Gasteiger partial charge in [-0.25, -0.2) is 0 Å². The maximum Gasteiger partial charge on any atom is 0.191 e. The van der Waals surface area contributed by atoms with E-state index < -0.39 is 0 Å². The smallest absolute Gasteiger partial charge is 0.191 e. The number of nitrogens with zero attached hydrogens (tertiary/aromatic N) is 1. The molecular formula is C16H28IN3O2. The highest BCUT2D eigenvalue weighted by Gasteiger charge is 2.16. The molecule has 22 heavy (non-hydrogen) atoms. The van der Waals surface area contributed by atoms with Crippen LogP contribution in [0.15, 0.2) is 29.3 Å². The zero-order chi connectivity index (χ0) is 15.7. The van der Waals surface area contributed by atoms with Gasteiger partial charge in [0.1, 0.15) is 0 Å². The summed E-state index contributed by atoms with van der Waals surface area (Å²) in [7, 11) is 5.17. The number of aliphatic imine (C=N–C) groups is 1. The van der Waals surface area contributed by atoms with Gasteiger partial charge in [0.25, 0.3) is 0 Å². The molecule has 0 atom stereocenters. The van der Waals surface area contributed by atoms with Crippen LogP contribution < -0.4 is 10.6 Å². The minimum atomic E-state index is -0.223. The third-order valence-electron chi connectivity index (χ3n) is 3.25. The summed E-state index contributed by atoms with van der Waals surface area (Å²) in [5.74, 6) is 0.765. The molecule has 126 valence electrons. The first-order valence-corrected chi connectivity index (χ1v) is 7.07. The number of rotatable bonds is 7. The molecule has 0 heterocycles. The van der Waals surface area contributed by atoms with E-state index in [2.05, 4.69) is 39.9 Å². The van der Waals surface area contributed by atoms with Crippen LogP contribution in [0.1, 0.15) is 25.0 Å². The quantitative estimate of drug-likeness (QED) is 0.404. The molecular weight excluding hydrogens is 393 g/mol. The number of methoxy groups -OCH3 is 2. The summed E-state index contributed by atoms with van der Waals surface area (Å²) in [4.78, 5) is 4.21. The fraction of sp³-hybridized carbons (Fsp3) is 0.562. The summed E-state index contributed by atoms with van der Waals surface area (Å²) in [5.41, 5.74) is 2.15. The molecule has 5 nitrogen and oxygen atoms in total. The molecule has 1 aromatic carbocycles. The second-order valence-electron chi connectivity index (χ2n) is 5.49. The van der Waals surface area contributed by atoms with Crippen molar-refractivity contribution < 1.29 is 9.47 Å². The molecule has 0 radical (unpaired) electrons. The van der Waals surface area contributed by atoms with Gasteiger partial charge in [0.15, 0.2) is 5.96 Å². The first-order valence-electron chi connectivity index (χ1n) is 7.07. The Morgan fingerprint density at radius 2 is 1.68 bits per heavy atom. The van der Waals surface area contributed by atoms with Gasteiger partial charge in [0, 0.05) is 34.4 Å². The summed E-state index contributed by atoms with van der Waals surface area (Å²) in [5, 5.41) is 6.54. The maximum absolute atomic E-state index is 5.37. The minimum Gasteiger partial charge on any atom is -0.380 e. The SMILES string of the molecule is CN=C(NCc1ccc(COC)cc1)NCC(C)(C)OC.I. The van der Waals surface area contributed by atoms with E-state index in [1.807, 2.05) is 13.8 Å². The number of ether oxygens (including phenoxy) is 2. The molecule has 0 bridgehead atoms. The Balaban J connectivity index is 0.00000441. The largest absolute Gasteiger partial charge is 0.380 e. The number of guanidine groups is 1. The predicted molar refractivity (Wildman–Crippen MR) is 102 cm³/mol. The normalized spacial score (nSPS) is 11.8. The van der Waals surface area contributed by atoms with E-state index in [0.29, 0.717) is 13.2 Å². The van der Waals surface area contributed by atoms with Crippen LogP contribution in [-0.2, 0) is 22.6 Å². The van der Waals surface area contributed by atoms with Crippen LogP contribution >= 0.6 is 24.0 Å². The lowest BCUT2D eigenvalue weighted by atomic mass is 10.1. The van der Waals surface area contributed by atoms with Crippen molar-refractivity contribution in [3.63, 3.8) is 0 Å². The Morgan fingerprint density at radius 1 is 1.09 bits per heavy atom. The molecule has 1 rings (SSSR count). The Morgan fingerprint density at radius 3 is 2.18 bits per heavy atom. The molecule has 2 N–H and O–H groups in total.